The summed E-state index contributed by atoms with van der Waals surface area (Å²) in [6, 6.07) is 8.58. The van der Waals surface area contributed by atoms with E-state index in [9.17, 15) is 4.39 Å². The Bertz CT molecular complexity index is 601. The van der Waals surface area contributed by atoms with Crippen molar-refractivity contribution >= 4 is 11.6 Å². The third-order valence-electron chi connectivity index (χ3n) is 3.49. The highest BCUT2D eigenvalue weighted by atomic mass is 35.5. The Balaban J connectivity index is 2.27. The predicted molar refractivity (Wildman–Crippen MR) is 85.1 cm³/mol. The molecule has 0 aliphatic rings. The van der Waals surface area contributed by atoms with Gasteiger partial charge in [0.05, 0.1) is 0 Å². The van der Waals surface area contributed by atoms with E-state index in [2.05, 4.69) is 17.2 Å². The van der Waals surface area contributed by atoms with Crippen molar-refractivity contribution in [3.8, 4) is 0 Å². The van der Waals surface area contributed by atoms with Crippen molar-refractivity contribution in [2.45, 2.75) is 32.7 Å². The molecule has 0 fully saturated rings. The van der Waals surface area contributed by atoms with E-state index in [1.54, 1.807) is 12.3 Å². The Hall–Kier alpha value is -1.45. The van der Waals surface area contributed by atoms with Crippen LogP contribution in [0.2, 0.25) is 5.02 Å². The molecule has 0 aliphatic carbocycles. The molecule has 0 spiro atoms. The van der Waals surface area contributed by atoms with E-state index in [1.807, 2.05) is 19.1 Å². The molecule has 0 saturated heterocycles. The number of pyridine rings is 1. The van der Waals surface area contributed by atoms with Crippen molar-refractivity contribution in [1.29, 1.82) is 0 Å². The number of hydrogen-bond acceptors (Lipinski definition) is 2. The van der Waals surface area contributed by atoms with Crippen molar-refractivity contribution in [3.05, 3.63) is 64.2 Å². The normalized spacial score (nSPS) is 12.4. The Morgan fingerprint density at radius 3 is 2.81 bits per heavy atom. The lowest BCUT2D eigenvalue weighted by molar-refractivity contribution is 0.522. The maximum atomic E-state index is 13.2. The third-order valence-corrected chi connectivity index (χ3v) is 3.82. The summed E-state index contributed by atoms with van der Waals surface area (Å²) >= 11 is 6.21. The topological polar surface area (TPSA) is 24.9 Å². The zero-order chi connectivity index (χ0) is 15.2. The Morgan fingerprint density at radius 2 is 2.14 bits per heavy atom. The average Bonchev–Trinajstić information content (AvgIpc) is 2.46. The molecule has 1 unspecified atom stereocenters. The zero-order valence-electron chi connectivity index (χ0n) is 12.4. The van der Waals surface area contributed by atoms with Crippen molar-refractivity contribution in [3.63, 3.8) is 0 Å². The molecule has 0 bridgehead atoms. The molecular formula is C17H20ClFN2. The fourth-order valence-electron chi connectivity index (χ4n) is 2.32. The molecule has 4 heteroatoms. The molecule has 0 saturated carbocycles. The number of aromatic nitrogens is 1. The second kappa shape index (κ2) is 7.53. The Morgan fingerprint density at radius 1 is 1.33 bits per heavy atom. The molecule has 1 heterocycles. The first-order valence-electron chi connectivity index (χ1n) is 7.20. The SMILES string of the molecule is CCCNC(Cc1ncccc1C)c1ccc(F)cc1Cl. The van der Waals surface area contributed by atoms with E-state index in [0.717, 1.165) is 36.2 Å². The number of nitrogens with zero attached hydrogens (tertiary/aromatic N) is 1. The van der Waals surface area contributed by atoms with E-state index in [4.69, 9.17) is 11.6 Å². The van der Waals surface area contributed by atoms with Crippen LogP contribution in [-0.4, -0.2) is 11.5 Å². The molecule has 0 amide bonds. The molecular weight excluding hydrogens is 287 g/mol. The van der Waals surface area contributed by atoms with Gasteiger partial charge in [0.2, 0.25) is 0 Å². The molecule has 112 valence electrons. The molecule has 1 atom stereocenters. The summed E-state index contributed by atoms with van der Waals surface area (Å²) in [7, 11) is 0. The predicted octanol–water partition coefficient (Wildman–Crippen LogP) is 4.47. The van der Waals surface area contributed by atoms with Crippen LogP contribution in [0, 0.1) is 12.7 Å². The average molecular weight is 307 g/mol. The van der Waals surface area contributed by atoms with Gasteiger partial charge in [0.25, 0.3) is 0 Å². The van der Waals surface area contributed by atoms with Crippen molar-refractivity contribution < 1.29 is 4.39 Å². The van der Waals surface area contributed by atoms with Crippen molar-refractivity contribution in [2.75, 3.05) is 6.54 Å². The van der Waals surface area contributed by atoms with E-state index in [-0.39, 0.29) is 11.9 Å². The van der Waals surface area contributed by atoms with Gasteiger partial charge in [-0.1, -0.05) is 30.7 Å². The van der Waals surface area contributed by atoms with Gasteiger partial charge in [0.1, 0.15) is 5.82 Å². The summed E-state index contributed by atoms with van der Waals surface area (Å²) < 4.78 is 13.2. The lowest BCUT2D eigenvalue weighted by Gasteiger charge is -2.20. The van der Waals surface area contributed by atoms with Gasteiger partial charge < -0.3 is 5.32 Å². The first kappa shape index (κ1) is 15.9. The van der Waals surface area contributed by atoms with Crippen LogP contribution in [0.15, 0.2) is 36.5 Å². The summed E-state index contributed by atoms with van der Waals surface area (Å²) in [4.78, 5) is 4.44. The minimum atomic E-state index is -0.313. The number of nitrogens with one attached hydrogen (secondary N) is 1. The number of hydrogen-bond donors (Lipinski definition) is 1. The highest BCUT2D eigenvalue weighted by Crippen LogP contribution is 2.27. The maximum Gasteiger partial charge on any atom is 0.124 e. The third kappa shape index (κ3) is 4.26. The molecule has 1 N–H and O–H groups in total. The molecule has 21 heavy (non-hydrogen) atoms. The van der Waals surface area contributed by atoms with Crippen LogP contribution < -0.4 is 5.32 Å². The van der Waals surface area contributed by atoms with Crippen molar-refractivity contribution in [2.24, 2.45) is 0 Å². The highest BCUT2D eigenvalue weighted by molar-refractivity contribution is 6.31. The van der Waals surface area contributed by atoms with Crippen LogP contribution in [0.4, 0.5) is 4.39 Å². The highest BCUT2D eigenvalue weighted by Gasteiger charge is 2.17. The summed E-state index contributed by atoms with van der Waals surface area (Å²) in [5.41, 5.74) is 3.10. The van der Waals surface area contributed by atoms with E-state index in [0.29, 0.717) is 5.02 Å². The number of benzene rings is 1. The Labute approximate surface area is 130 Å². The second-order valence-corrected chi connectivity index (χ2v) is 5.55. The summed E-state index contributed by atoms with van der Waals surface area (Å²) in [6.07, 6.45) is 3.56. The van der Waals surface area contributed by atoms with E-state index in [1.165, 1.54) is 12.1 Å². The van der Waals surface area contributed by atoms with Gasteiger partial charge in [0, 0.05) is 29.4 Å². The largest absolute Gasteiger partial charge is 0.310 e. The standard InChI is InChI=1S/C17H20ClFN2/c1-3-8-20-17(11-16-12(2)5-4-9-21-16)14-7-6-13(19)10-15(14)18/h4-7,9-10,17,20H,3,8,11H2,1-2H3. The smallest absolute Gasteiger partial charge is 0.124 e. The van der Waals surface area contributed by atoms with E-state index < -0.39 is 0 Å². The zero-order valence-corrected chi connectivity index (χ0v) is 13.1. The molecule has 1 aromatic heterocycles. The lowest BCUT2D eigenvalue weighted by atomic mass is 9.99. The number of rotatable bonds is 6. The van der Waals surface area contributed by atoms with Gasteiger partial charge in [-0.15, -0.1) is 0 Å². The second-order valence-electron chi connectivity index (χ2n) is 5.14. The number of aryl methyl sites for hydroxylation is 1. The molecule has 2 rings (SSSR count). The number of halogens is 2. The van der Waals surface area contributed by atoms with Gasteiger partial charge in [-0.2, -0.15) is 0 Å². The molecule has 2 aromatic rings. The van der Waals surface area contributed by atoms with Gasteiger partial charge in [-0.25, -0.2) is 4.39 Å². The van der Waals surface area contributed by atoms with Crippen LogP contribution in [0.25, 0.3) is 0 Å². The van der Waals surface area contributed by atoms with E-state index >= 15 is 0 Å². The van der Waals surface area contributed by atoms with Crippen LogP contribution >= 0.6 is 11.6 Å². The fourth-order valence-corrected chi connectivity index (χ4v) is 2.62. The molecule has 0 aliphatic heterocycles. The molecule has 0 radical (unpaired) electrons. The first-order chi connectivity index (χ1) is 10.1. The quantitative estimate of drug-likeness (QED) is 0.852. The molecule has 2 nitrogen and oxygen atoms in total. The summed E-state index contributed by atoms with van der Waals surface area (Å²) in [5, 5.41) is 3.93. The van der Waals surface area contributed by atoms with Gasteiger partial charge in [0.15, 0.2) is 0 Å². The van der Waals surface area contributed by atoms with Crippen LogP contribution in [-0.2, 0) is 6.42 Å². The van der Waals surface area contributed by atoms with Gasteiger partial charge in [-0.05, 0) is 49.2 Å². The van der Waals surface area contributed by atoms with Crippen LogP contribution in [0.3, 0.4) is 0 Å². The maximum absolute atomic E-state index is 13.2. The summed E-state index contributed by atoms with van der Waals surface area (Å²) in [6.45, 7) is 5.04. The monoisotopic (exact) mass is 306 g/mol. The van der Waals surface area contributed by atoms with Gasteiger partial charge in [-0.3, -0.25) is 4.98 Å². The lowest BCUT2D eigenvalue weighted by Crippen LogP contribution is -2.25. The van der Waals surface area contributed by atoms with Crippen LogP contribution in [0.1, 0.15) is 36.2 Å². The van der Waals surface area contributed by atoms with Gasteiger partial charge >= 0.3 is 0 Å². The first-order valence-corrected chi connectivity index (χ1v) is 7.58. The van der Waals surface area contributed by atoms with Crippen molar-refractivity contribution in [1.82, 2.24) is 10.3 Å². The minimum Gasteiger partial charge on any atom is -0.310 e. The fraction of sp³-hybridized carbons (Fsp3) is 0.353. The minimum absolute atomic E-state index is 0.0339. The molecule has 1 aromatic carbocycles. The van der Waals surface area contributed by atoms with Crippen LogP contribution in [0.5, 0.6) is 0 Å². The Kier molecular flexibility index (Phi) is 5.71. The summed E-state index contributed by atoms with van der Waals surface area (Å²) in [5.74, 6) is -0.313.